The van der Waals surface area contributed by atoms with Crippen molar-refractivity contribution in [3.8, 4) is 0 Å². The second-order valence-electron chi connectivity index (χ2n) is 5.84. The molecular weight excluding hydrogens is 459 g/mol. The van der Waals surface area contributed by atoms with E-state index in [4.69, 9.17) is 0 Å². The smallest absolute Gasteiger partial charge is 0 e. The molecule has 0 aromatic heterocycles. The minimum absolute atomic E-state index is 0. The number of hydrogen-bond acceptors (Lipinski definition) is 0. The summed E-state index contributed by atoms with van der Waals surface area (Å²) in [5.41, 5.74) is 0. The van der Waals surface area contributed by atoms with Gasteiger partial charge in [0.25, 0.3) is 0 Å². The molecule has 0 amide bonds. The van der Waals surface area contributed by atoms with Crippen LogP contribution < -0.4 is 0 Å². The Morgan fingerprint density at radius 3 is 1.70 bits per heavy atom. The largest absolute Gasteiger partial charge is 0.231 e. The normalized spacial score (nSPS) is 27.5. The Morgan fingerprint density at radius 1 is 0.696 bits per heavy atom. The molecule has 1 fully saturated rings. The van der Waals surface area contributed by atoms with Crippen molar-refractivity contribution in [2.75, 3.05) is 0 Å². The molecule has 0 radical (unpaired) electrons. The molecule has 23 heavy (non-hydrogen) atoms. The van der Waals surface area contributed by atoms with Gasteiger partial charge in [-0.15, -0.1) is 0 Å². The van der Waals surface area contributed by atoms with Crippen LogP contribution in [0, 0.1) is 42.2 Å². The maximum Gasteiger partial charge on any atom is 0 e. The van der Waals surface area contributed by atoms with Crippen LogP contribution in [0.1, 0.15) is 6.42 Å². The average molecular weight is 480 g/mol. The van der Waals surface area contributed by atoms with Gasteiger partial charge in [0.05, 0.1) is 0 Å². The maximum atomic E-state index is 2.89. The third-order valence-corrected chi connectivity index (χ3v) is 4.46. The molecule has 2 aromatic carbocycles. The average Bonchev–Trinajstić information content (AvgIpc) is 3.34. The molecule has 5 rings (SSSR count). The van der Waals surface area contributed by atoms with Crippen molar-refractivity contribution in [2.24, 2.45) is 23.7 Å². The fourth-order valence-corrected chi connectivity index (χ4v) is 3.45. The second kappa shape index (κ2) is 9.58. The Labute approximate surface area is 154 Å². The van der Waals surface area contributed by atoms with E-state index in [1.54, 1.807) is 0 Å². The van der Waals surface area contributed by atoms with Gasteiger partial charge in [-0.05, 0) is 18.3 Å². The summed E-state index contributed by atoms with van der Waals surface area (Å²) in [6.07, 6.45) is 13.3. The molecule has 3 aliphatic carbocycles. The second-order valence-corrected chi connectivity index (χ2v) is 5.84. The van der Waals surface area contributed by atoms with Crippen molar-refractivity contribution in [3.63, 3.8) is 0 Å². The number of rotatable bonds is 0. The van der Waals surface area contributed by atoms with Gasteiger partial charge in [-0.25, -0.2) is 18.6 Å². The SMILES string of the molecule is C1=CC2C3C=CC(C3)C2[CH-]1.[Pt].[c-]1ccccc1.[c-]1ccccc1. The Balaban J connectivity index is 0.000000130. The molecule has 4 atom stereocenters. The van der Waals surface area contributed by atoms with E-state index in [9.17, 15) is 0 Å². The van der Waals surface area contributed by atoms with E-state index < -0.39 is 0 Å². The van der Waals surface area contributed by atoms with E-state index in [2.05, 4.69) is 42.9 Å². The molecular formula is C22H21Pt-3. The van der Waals surface area contributed by atoms with Gasteiger partial charge in [0, 0.05) is 21.1 Å². The quantitative estimate of drug-likeness (QED) is 0.361. The summed E-state index contributed by atoms with van der Waals surface area (Å²) in [5, 5.41) is 0. The Morgan fingerprint density at radius 2 is 1.26 bits per heavy atom. The van der Waals surface area contributed by atoms with E-state index >= 15 is 0 Å². The minimum atomic E-state index is 0. The van der Waals surface area contributed by atoms with Crippen LogP contribution in [0.5, 0.6) is 0 Å². The van der Waals surface area contributed by atoms with Gasteiger partial charge in [0.15, 0.2) is 0 Å². The van der Waals surface area contributed by atoms with Crippen LogP contribution in [0.25, 0.3) is 0 Å². The number of hydrogen-bond donors (Lipinski definition) is 0. The molecule has 0 nitrogen and oxygen atoms in total. The molecule has 1 heteroatoms. The van der Waals surface area contributed by atoms with Crippen LogP contribution in [0.3, 0.4) is 0 Å². The van der Waals surface area contributed by atoms with Gasteiger partial charge in [0.2, 0.25) is 0 Å². The molecule has 1 saturated carbocycles. The summed E-state index contributed by atoms with van der Waals surface area (Å²) < 4.78 is 0. The Bertz CT molecular complexity index is 503. The number of benzene rings is 2. The third kappa shape index (κ3) is 4.98. The van der Waals surface area contributed by atoms with Crippen molar-refractivity contribution in [3.05, 3.63) is 104 Å². The predicted molar refractivity (Wildman–Crippen MR) is 91.7 cm³/mol. The van der Waals surface area contributed by atoms with Crippen LogP contribution in [0.4, 0.5) is 0 Å². The van der Waals surface area contributed by atoms with E-state index in [1.165, 1.54) is 6.42 Å². The van der Waals surface area contributed by atoms with Crippen molar-refractivity contribution < 1.29 is 21.1 Å². The monoisotopic (exact) mass is 480 g/mol. The first kappa shape index (κ1) is 17.8. The van der Waals surface area contributed by atoms with E-state index in [-0.39, 0.29) is 21.1 Å². The van der Waals surface area contributed by atoms with Crippen molar-refractivity contribution in [1.82, 2.24) is 0 Å². The fourth-order valence-electron chi connectivity index (χ4n) is 3.45. The zero-order valence-electron chi connectivity index (χ0n) is 13.0. The summed E-state index contributed by atoms with van der Waals surface area (Å²) in [4.78, 5) is 0. The Hall–Kier alpha value is -1.52. The zero-order chi connectivity index (χ0) is 15.0. The molecule has 0 spiro atoms. The van der Waals surface area contributed by atoms with Crippen LogP contribution in [-0.2, 0) is 21.1 Å². The third-order valence-electron chi connectivity index (χ3n) is 4.46. The van der Waals surface area contributed by atoms with Crippen LogP contribution in [0.2, 0.25) is 0 Å². The van der Waals surface area contributed by atoms with Gasteiger partial charge >= 0.3 is 0 Å². The molecule has 0 N–H and O–H groups in total. The molecule has 0 heterocycles. The molecule has 122 valence electrons. The predicted octanol–water partition coefficient (Wildman–Crippen LogP) is 5.17. The number of allylic oxidation sites excluding steroid dienone is 4. The Kier molecular flexibility index (Phi) is 7.43. The summed E-state index contributed by atoms with van der Waals surface area (Å²) in [6, 6.07) is 25.0. The van der Waals surface area contributed by atoms with Crippen LogP contribution in [-0.4, -0.2) is 0 Å². The molecule has 0 aliphatic heterocycles. The summed E-state index contributed by atoms with van der Waals surface area (Å²) in [6.45, 7) is 0. The first-order valence-corrected chi connectivity index (χ1v) is 7.97. The van der Waals surface area contributed by atoms with E-state index in [1.807, 2.05) is 60.7 Å². The number of fused-ring (bicyclic) bond motifs is 5. The summed E-state index contributed by atoms with van der Waals surface area (Å²) in [7, 11) is 0. The first-order valence-electron chi connectivity index (χ1n) is 7.97. The first-order chi connectivity index (χ1) is 10.9. The topological polar surface area (TPSA) is 0 Å². The summed E-state index contributed by atoms with van der Waals surface area (Å²) in [5.74, 6) is 3.56. The van der Waals surface area contributed by atoms with Crippen LogP contribution in [0.15, 0.2) is 85.0 Å². The zero-order valence-corrected chi connectivity index (χ0v) is 15.3. The van der Waals surface area contributed by atoms with Gasteiger partial charge in [-0.3, -0.25) is 0 Å². The molecule has 4 unspecified atom stereocenters. The molecule has 2 bridgehead atoms. The van der Waals surface area contributed by atoms with Crippen molar-refractivity contribution in [1.29, 1.82) is 0 Å². The van der Waals surface area contributed by atoms with Gasteiger partial charge in [-0.2, -0.15) is 72.8 Å². The standard InChI is InChI=1S/C10H11.2C6H5.Pt/c1-2-9-7-4-5-8(6-7)10(9)3-1;2*1-2-4-6-5-3-1;/h1-5,7-10H,6H2;2*1-5H;/q3*-1;. The van der Waals surface area contributed by atoms with Crippen molar-refractivity contribution in [2.45, 2.75) is 6.42 Å². The van der Waals surface area contributed by atoms with Gasteiger partial charge in [-0.1, -0.05) is 24.0 Å². The minimum Gasteiger partial charge on any atom is -0.231 e. The maximum absolute atomic E-state index is 2.89. The summed E-state index contributed by atoms with van der Waals surface area (Å²) >= 11 is 0. The molecule has 2 aromatic rings. The van der Waals surface area contributed by atoms with E-state index in [0.717, 1.165) is 23.7 Å². The van der Waals surface area contributed by atoms with E-state index in [0.29, 0.717) is 0 Å². The van der Waals surface area contributed by atoms with Gasteiger partial charge < -0.3 is 0 Å². The van der Waals surface area contributed by atoms with Crippen LogP contribution >= 0.6 is 0 Å². The van der Waals surface area contributed by atoms with Crippen molar-refractivity contribution >= 4 is 0 Å². The van der Waals surface area contributed by atoms with Gasteiger partial charge in [0.1, 0.15) is 0 Å². The molecule has 0 saturated heterocycles. The molecule has 3 aliphatic rings. The fraction of sp³-hybridized carbons (Fsp3) is 0.227.